The van der Waals surface area contributed by atoms with Crippen LogP contribution >= 0.6 is 0 Å². The van der Waals surface area contributed by atoms with E-state index in [1.54, 1.807) is 10.6 Å². The molecule has 0 bridgehead atoms. The van der Waals surface area contributed by atoms with E-state index in [4.69, 9.17) is 0 Å². The minimum atomic E-state index is -0.781. The molecule has 23 heavy (non-hydrogen) atoms. The summed E-state index contributed by atoms with van der Waals surface area (Å²) in [5.41, 5.74) is 2.22. The average Bonchev–Trinajstić information content (AvgIpc) is 2.54. The van der Waals surface area contributed by atoms with Crippen LogP contribution in [-0.2, 0) is 6.54 Å². The van der Waals surface area contributed by atoms with Gasteiger partial charge >= 0.3 is 0 Å². The van der Waals surface area contributed by atoms with Crippen molar-refractivity contribution in [3.63, 3.8) is 0 Å². The Morgan fingerprint density at radius 1 is 1.17 bits per heavy atom. The van der Waals surface area contributed by atoms with Crippen molar-refractivity contribution < 1.29 is 5.11 Å². The molecule has 0 amide bonds. The van der Waals surface area contributed by atoms with E-state index in [1.807, 2.05) is 43.5 Å². The first-order chi connectivity index (χ1) is 11.0. The lowest BCUT2D eigenvalue weighted by atomic mass is 9.91. The summed E-state index contributed by atoms with van der Waals surface area (Å²) in [4.78, 5) is 14.7. The van der Waals surface area contributed by atoms with Crippen LogP contribution in [0.1, 0.15) is 18.4 Å². The highest BCUT2D eigenvalue weighted by Crippen LogP contribution is 2.25. The predicted octanol–water partition coefficient (Wildman–Crippen LogP) is 2.28. The number of benzene rings is 1. The maximum atomic E-state index is 12.5. The van der Waals surface area contributed by atoms with E-state index >= 15 is 0 Å². The van der Waals surface area contributed by atoms with Gasteiger partial charge in [-0.25, -0.2) is 0 Å². The second-order valence-electron chi connectivity index (χ2n) is 6.73. The summed E-state index contributed by atoms with van der Waals surface area (Å²) in [6.07, 6.45) is 3.28. The van der Waals surface area contributed by atoms with Crippen molar-refractivity contribution in [1.29, 1.82) is 0 Å². The first-order valence-electron chi connectivity index (χ1n) is 8.14. The van der Waals surface area contributed by atoms with Gasteiger partial charge in [0.25, 0.3) is 5.56 Å². The monoisotopic (exact) mass is 312 g/mol. The molecule has 0 radical (unpaired) electrons. The molecule has 1 fully saturated rings. The molecule has 2 aromatic rings. The Labute approximate surface area is 137 Å². The summed E-state index contributed by atoms with van der Waals surface area (Å²) < 4.78 is 1.66. The number of aromatic nitrogens is 1. The lowest BCUT2D eigenvalue weighted by molar-refractivity contribution is -0.0297. The summed E-state index contributed by atoms with van der Waals surface area (Å²) in [7, 11) is 2.06. The topological polar surface area (TPSA) is 45.5 Å². The van der Waals surface area contributed by atoms with Crippen molar-refractivity contribution in [1.82, 2.24) is 9.47 Å². The van der Waals surface area contributed by atoms with E-state index in [-0.39, 0.29) is 5.56 Å². The van der Waals surface area contributed by atoms with Gasteiger partial charge in [0.15, 0.2) is 0 Å². The number of hydrogen-bond donors (Lipinski definition) is 1. The Morgan fingerprint density at radius 2 is 1.83 bits per heavy atom. The Balaban J connectivity index is 1.88. The number of piperidine rings is 1. The van der Waals surface area contributed by atoms with Gasteiger partial charge in [0.2, 0.25) is 0 Å². The molecular formula is C19H24N2O2. The zero-order chi connectivity index (χ0) is 16.4. The van der Waals surface area contributed by atoms with E-state index in [0.717, 1.165) is 29.8 Å². The smallest absolute Gasteiger partial charge is 0.251 e. The van der Waals surface area contributed by atoms with Crippen molar-refractivity contribution in [2.24, 2.45) is 0 Å². The quantitative estimate of drug-likeness (QED) is 0.946. The zero-order valence-electron chi connectivity index (χ0n) is 13.8. The van der Waals surface area contributed by atoms with E-state index in [9.17, 15) is 9.90 Å². The molecular weight excluding hydrogens is 288 g/mol. The van der Waals surface area contributed by atoms with Crippen LogP contribution in [0.5, 0.6) is 0 Å². The number of likely N-dealkylation sites (tertiary alicyclic amines) is 1. The summed E-state index contributed by atoms with van der Waals surface area (Å²) in [5.74, 6) is 0. The first-order valence-corrected chi connectivity index (χ1v) is 8.14. The third kappa shape index (κ3) is 3.54. The standard InChI is InChI=1S/C19H24N2O2/c1-15-13-21(14-19(23)8-10-20(2)11-9-19)18(22)12-17(15)16-6-4-3-5-7-16/h3-7,12-13,23H,8-11,14H2,1-2H3. The third-order valence-corrected chi connectivity index (χ3v) is 4.79. The Hall–Kier alpha value is -1.91. The van der Waals surface area contributed by atoms with E-state index in [1.165, 1.54) is 0 Å². The molecule has 0 aliphatic carbocycles. The van der Waals surface area contributed by atoms with Crippen molar-refractivity contribution in [2.75, 3.05) is 20.1 Å². The van der Waals surface area contributed by atoms with Gasteiger partial charge < -0.3 is 14.6 Å². The first kappa shape index (κ1) is 16.0. The van der Waals surface area contributed by atoms with Crippen LogP contribution in [0, 0.1) is 6.92 Å². The number of hydrogen-bond acceptors (Lipinski definition) is 3. The zero-order valence-corrected chi connectivity index (χ0v) is 13.8. The van der Waals surface area contributed by atoms with E-state index in [2.05, 4.69) is 11.9 Å². The molecule has 1 N–H and O–H groups in total. The number of rotatable bonds is 3. The summed E-state index contributed by atoms with van der Waals surface area (Å²) in [5, 5.41) is 10.8. The summed E-state index contributed by atoms with van der Waals surface area (Å²) >= 11 is 0. The lowest BCUT2D eigenvalue weighted by Crippen LogP contribution is -2.46. The van der Waals surface area contributed by atoms with Crippen LogP contribution in [0.15, 0.2) is 47.4 Å². The molecule has 2 heterocycles. The Morgan fingerprint density at radius 3 is 2.48 bits per heavy atom. The van der Waals surface area contributed by atoms with Crippen LogP contribution in [0.3, 0.4) is 0 Å². The molecule has 1 aliphatic heterocycles. The number of nitrogens with zero attached hydrogens (tertiary/aromatic N) is 2. The molecule has 0 atom stereocenters. The molecule has 0 saturated carbocycles. The minimum absolute atomic E-state index is 0.0539. The van der Waals surface area contributed by atoms with Crippen LogP contribution in [-0.4, -0.2) is 40.3 Å². The Kier molecular flexibility index (Phi) is 4.37. The SMILES string of the molecule is Cc1cn(CC2(O)CCN(C)CC2)c(=O)cc1-c1ccccc1. The summed E-state index contributed by atoms with van der Waals surface area (Å²) in [6.45, 7) is 4.12. The maximum absolute atomic E-state index is 12.5. The fourth-order valence-corrected chi connectivity index (χ4v) is 3.25. The van der Waals surface area contributed by atoms with Gasteiger partial charge in [-0.1, -0.05) is 30.3 Å². The molecule has 4 nitrogen and oxygen atoms in total. The summed E-state index contributed by atoms with van der Waals surface area (Å²) in [6, 6.07) is 11.6. The average molecular weight is 312 g/mol. The molecule has 0 spiro atoms. The van der Waals surface area contributed by atoms with Gasteiger partial charge in [0, 0.05) is 25.4 Å². The highest BCUT2D eigenvalue weighted by Gasteiger charge is 2.31. The molecule has 1 aromatic carbocycles. The second-order valence-corrected chi connectivity index (χ2v) is 6.73. The fraction of sp³-hybridized carbons (Fsp3) is 0.421. The van der Waals surface area contributed by atoms with Gasteiger partial charge in [-0.2, -0.15) is 0 Å². The molecule has 1 aliphatic rings. The van der Waals surface area contributed by atoms with Gasteiger partial charge in [-0.3, -0.25) is 4.79 Å². The van der Waals surface area contributed by atoms with Crippen molar-refractivity contribution in [2.45, 2.75) is 31.9 Å². The van der Waals surface area contributed by atoms with Gasteiger partial charge in [-0.05, 0) is 43.5 Å². The van der Waals surface area contributed by atoms with E-state index in [0.29, 0.717) is 19.4 Å². The largest absolute Gasteiger partial charge is 0.388 e. The highest BCUT2D eigenvalue weighted by molar-refractivity contribution is 5.66. The van der Waals surface area contributed by atoms with Crippen LogP contribution in [0.4, 0.5) is 0 Å². The maximum Gasteiger partial charge on any atom is 0.251 e. The number of pyridine rings is 1. The normalized spacial score (nSPS) is 18.0. The lowest BCUT2D eigenvalue weighted by Gasteiger charge is -2.36. The van der Waals surface area contributed by atoms with Gasteiger partial charge in [0.05, 0.1) is 12.1 Å². The van der Waals surface area contributed by atoms with Crippen LogP contribution < -0.4 is 5.56 Å². The Bertz CT molecular complexity index is 729. The van der Waals surface area contributed by atoms with Crippen LogP contribution in [0.2, 0.25) is 0 Å². The van der Waals surface area contributed by atoms with Crippen molar-refractivity contribution in [3.8, 4) is 11.1 Å². The fourth-order valence-electron chi connectivity index (χ4n) is 3.25. The molecule has 122 valence electrons. The van der Waals surface area contributed by atoms with Gasteiger partial charge in [0.1, 0.15) is 0 Å². The highest BCUT2D eigenvalue weighted by atomic mass is 16.3. The third-order valence-electron chi connectivity index (χ3n) is 4.79. The predicted molar refractivity (Wildman–Crippen MR) is 92.6 cm³/mol. The molecule has 0 unspecified atom stereocenters. The molecule has 1 saturated heterocycles. The number of aliphatic hydroxyl groups is 1. The second kappa shape index (κ2) is 6.30. The molecule has 4 heteroatoms. The van der Waals surface area contributed by atoms with E-state index < -0.39 is 5.60 Å². The number of aryl methyl sites for hydroxylation is 1. The molecule has 3 rings (SSSR count). The van der Waals surface area contributed by atoms with Crippen molar-refractivity contribution >= 4 is 0 Å². The minimum Gasteiger partial charge on any atom is -0.388 e. The van der Waals surface area contributed by atoms with Crippen LogP contribution in [0.25, 0.3) is 11.1 Å². The van der Waals surface area contributed by atoms with Gasteiger partial charge in [-0.15, -0.1) is 0 Å². The van der Waals surface area contributed by atoms with Crippen molar-refractivity contribution in [3.05, 3.63) is 58.5 Å². The molecule has 1 aromatic heterocycles.